The fourth-order valence-corrected chi connectivity index (χ4v) is 2.97. The van der Waals surface area contributed by atoms with E-state index in [9.17, 15) is 4.79 Å². The second-order valence-electron chi connectivity index (χ2n) is 8.32. The molecule has 0 aromatic carbocycles. The first kappa shape index (κ1) is 24.5. The van der Waals surface area contributed by atoms with E-state index >= 15 is 0 Å². The van der Waals surface area contributed by atoms with E-state index < -0.39 is 5.60 Å². The SMILES string of the molecule is CN=C(NCC(c1cccnc1)C(C)C)NC1CN(C(=O)OC(C)(C)C)C1.I. The van der Waals surface area contributed by atoms with Gasteiger partial charge in [-0.25, -0.2) is 4.79 Å². The largest absolute Gasteiger partial charge is 0.444 e. The molecule has 1 saturated heterocycles. The predicted octanol–water partition coefficient (Wildman–Crippen LogP) is 3.22. The zero-order valence-corrected chi connectivity index (χ0v) is 20.1. The number of nitrogens with one attached hydrogen (secondary N) is 2. The molecule has 0 aliphatic carbocycles. The summed E-state index contributed by atoms with van der Waals surface area (Å²) in [6.07, 6.45) is 3.45. The highest BCUT2D eigenvalue weighted by Gasteiger charge is 2.34. The number of hydrogen-bond acceptors (Lipinski definition) is 4. The van der Waals surface area contributed by atoms with Crippen LogP contribution in [0.2, 0.25) is 0 Å². The number of carbonyl (C=O) groups is 1. The van der Waals surface area contributed by atoms with Gasteiger partial charge < -0.3 is 20.3 Å². The summed E-state index contributed by atoms with van der Waals surface area (Å²) >= 11 is 0. The maximum atomic E-state index is 12.0. The molecule has 1 unspecified atom stereocenters. The van der Waals surface area contributed by atoms with Gasteiger partial charge in [0.15, 0.2) is 5.96 Å². The number of aromatic nitrogens is 1. The quantitative estimate of drug-likeness (QED) is 0.367. The van der Waals surface area contributed by atoms with E-state index in [1.54, 1.807) is 18.1 Å². The first-order valence-electron chi connectivity index (χ1n) is 9.54. The van der Waals surface area contributed by atoms with Crippen molar-refractivity contribution in [2.45, 2.75) is 52.2 Å². The van der Waals surface area contributed by atoms with E-state index in [1.807, 2.05) is 33.0 Å². The van der Waals surface area contributed by atoms with E-state index in [0.29, 0.717) is 24.9 Å². The van der Waals surface area contributed by atoms with Crippen molar-refractivity contribution in [3.8, 4) is 0 Å². The highest BCUT2D eigenvalue weighted by Crippen LogP contribution is 2.22. The van der Waals surface area contributed by atoms with Crippen LogP contribution in [-0.2, 0) is 4.74 Å². The Morgan fingerprint density at radius 3 is 2.57 bits per heavy atom. The van der Waals surface area contributed by atoms with Gasteiger partial charge in [-0.15, -0.1) is 24.0 Å². The van der Waals surface area contributed by atoms with Gasteiger partial charge >= 0.3 is 6.09 Å². The van der Waals surface area contributed by atoms with Gasteiger partial charge in [-0.3, -0.25) is 9.98 Å². The summed E-state index contributed by atoms with van der Waals surface area (Å²) in [4.78, 5) is 22.3. The number of hydrogen-bond donors (Lipinski definition) is 2. The molecule has 2 N–H and O–H groups in total. The molecule has 1 aliphatic heterocycles. The molecular formula is C20H34IN5O2. The van der Waals surface area contributed by atoms with Crippen molar-refractivity contribution in [3.05, 3.63) is 30.1 Å². The van der Waals surface area contributed by atoms with Gasteiger partial charge in [-0.05, 0) is 38.3 Å². The molecule has 0 radical (unpaired) electrons. The first-order chi connectivity index (χ1) is 12.7. The fourth-order valence-electron chi connectivity index (χ4n) is 2.97. The number of carbonyl (C=O) groups excluding carboxylic acids is 1. The number of ether oxygens (including phenoxy) is 1. The molecule has 0 spiro atoms. The fraction of sp³-hybridized carbons (Fsp3) is 0.650. The summed E-state index contributed by atoms with van der Waals surface area (Å²) in [5.41, 5.74) is 0.751. The van der Waals surface area contributed by atoms with Crippen LogP contribution in [0.15, 0.2) is 29.5 Å². The second kappa shape index (κ2) is 10.8. The third kappa shape index (κ3) is 7.44. The lowest BCUT2D eigenvalue weighted by Crippen LogP contribution is -2.63. The summed E-state index contributed by atoms with van der Waals surface area (Å²) < 4.78 is 5.38. The molecule has 8 heteroatoms. The third-order valence-electron chi connectivity index (χ3n) is 4.50. The van der Waals surface area contributed by atoms with Crippen LogP contribution in [0.3, 0.4) is 0 Å². The lowest BCUT2D eigenvalue weighted by molar-refractivity contribution is 0.00700. The molecule has 1 fully saturated rings. The third-order valence-corrected chi connectivity index (χ3v) is 4.50. The van der Waals surface area contributed by atoms with Gasteiger partial charge in [0.2, 0.25) is 0 Å². The smallest absolute Gasteiger partial charge is 0.410 e. The molecule has 1 aromatic heterocycles. The van der Waals surface area contributed by atoms with Crippen LogP contribution in [0.1, 0.15) is 46.1 Å². The Hall–Kier alpha value is -1.58. The molecule has 2 rings (SSSR count). The van der Waals surface area contributed by atoms with Gasteiger partial charge in [0.25, 0.3) is 0 Å². The number of guanidine groups is 1. The van der Waals surface area contributed by atoms with Crippen LogP contribution in [0.5, 0.6) is 0 Å². The van der Waals surface area contributed by atoms with Gasteiger partial charge in [0.1, 0.15) is 5.60 Å². The first-order valence-corrected chi connectivity index (χ1v) is 9.54. The van der Waals surface area contributed by atoms with Gasteiger partial charge in [0, 0.05) is 45.0 Å². The molecule has 1 amide bonds. The lowest BCUT2D eigenvalue weighted by Gasteiger charge is -2.40. The maximum absolute atomic E-state index is 12.0. The van der Waals surface area contributed by atoms with Crippen LogP contribution in [0.4, 0.5) is 4.79 Å². The predicted molar refractivity (Wildman–Crippen MR) is 123 cm³/mol. The van der Waals surface area contributed by atoms with Crippen molar-refractivity contribution in [1.82, 2.24) is 20.5 Å². The van der Waals surface area contributed by atoms with Crippen molar-refractivity contribution in [2.75, 3.05) is 26.7 Å². The highest BCUT2D eigenvalue weighted by atomic mass is 127. The lowest BCUT2D eigenvalue weighted by atomic mass is 9.89. The van der Waals surface area contributed by atoms with Crippen LogP contribution in [0.25, 0.3) is 0 Å². The summed E-state index contributed by atoms with van der Waals surface area (Å²) in [7, 11) is 1.76. The van der Waals surface area contributed by atoms with Crippen LogP contribution in [-0.4, -0.2) is 60.3 Å². The van der Waals surface area contributed by atoms with Gasteiger partial charge in [0.05, 0.1) is 6.04 Å². The Kier molecular flexibility index (Phi) is 9.46. The van der Waals surface area contributed by atoms with E-state index in [-0.39, 0.29) is 36.1 Å². The van der Waals surface area contributed by atoms with E-state index in [1.165, 1.54) is 5.56 Å². The average Bonchev–Trinajstić information content (AvgIpc) is 2.54. The zero-order chi connectivity index (χ0) is 20.0. The van der Waals surface area contributed by atoms with Crippen LogP contribution in [0, 0.1) is 5.92 Å². The molecule has 2 heterocycles. The Bertz CT molecular complexity index is 640. The number of aliphatic imine (C=N–C) groups is 1. The molecule has 7 nitrogen and oxygen atoms in total. The van der Waals surface area contributed by atoms with E-state index in [0.717, 1.165) is 12.5 Å². The summed E-state index contributed by atoms with van der Waals surface area (Å²) in [6.45, 7) is 12.0. The monoisotopic (exact) mass is 503 g/mol. The number of pyridine rings is 1. The van der Waals surface area contributed by atoms with Crippen molar-refractivity contribution in [3.63, 3.8) is 0 Å². The zero-order valence-electron chi connectivity index (χ0n) is 17.7. The van der Waals surface area contributed by atoms with Crippen LogP contribution < -0.4 is 10.6 Å². The summed E-state index contributed by atoms with van der Waals surface area (Å²) in [5.74, 6) is 1.57. The molecule has 1 aliphatic rings. The van der Waals surface area contributed by atoms with Crippen LogP contribution >= 0.6 is 24.0 Å². The van der Waals surface area contributed by atoms with Gasteiger partial charge in [-0.2, -0.15) is 0 Å². The number of likely N-dealkylation sites (tertiary alicyclic amines) is 1. The van der Waals surface area contributed by atoms with Crippen molar-refractivity contribution >= 4 is 36.0 Å². The molecule has 28 heavy (non-hydrogen) atoms. The minimum absolute atomic E-state index is 0. The van der Waals surface area contributed by atoms with E-state index in [4.69, 9.17) is 4.74 Å². The molecule has 1 atom stereocenters. The molecular weight excluding hydrogens is 469 g/mol. The normalized spacial score (nSPS) is 16.1. The Morgan fingerprint density at radius 1 is 1.39 bits per heavy atom. The minimum atomic E-state index is -0.467. The number of amides is 1. The standard InChI is InChI=1S/C20H33N5O2.HI/c1-14(2)17(15-8-7-9-22-10-15)11-23-18(21-6)24-16-12-25(13-16)19(26)27-20(3,4)5;/h7-10,14,16-17H,11-13H2,1-6H3,(H2,21,23,24);1H. The summed E-state index contributed by atoms with van der Waals surface area (Å²) in [5, 5.41) is 6.78. The topological polar surface area (TPSA) is 78.9 Å². The highest BCUT2D eigenvalue weighted by molar-refractivity contribution is 14.0. The van der Waals surface area contributed by atoms with Crippen molar-refractivity contribution in [2.24, 2.45) is 10.9 Å². The number of rotatable bonds is 5. The average molecular weight is 503 g/mol. The van der Waals surface area contributed by atoms with E-state index in [2.05, 4.69) is 40.5 Å². The molecule has 0 bridgehead atoms. The molecule has 158 valence electrons. The van der Waals surface area contributed by atoms with Crippen molar-refractivity contribution in [1.29, 1.82) is 0 Å². The maximum Gasteiger partial charge on any atom is 0.410 e. The molecule has 1 aromatic rings. The minimum Gasteiger partial charge on any atom is -0.444 e. The Labute approximate surface area is 185 Å². The van der Waals surface area contributed by atoms with Gasteiger partial charge in [-0.1, -0.05) is 19.9 Å². The molecule has 0 saturated carbocycles. The van der Waals surface area contributed by atoms with Crippen molar-refractivity contribution < 1.29 is 9.53 Å². The number of nitrogens with zero attached hydrogens (tertiary/aromatic N) is 3. The summed E-state index contributed by atoms with van der Waals surface area (Å²) in [6, 6.07) is 4.26. The second-order valence-corrected chi connectivity index (χ2v) is 8.32. The Balaban J connectivity index is 0.00000392. The number of halogens is 1. The Morgan fingerprint density at radius 2 is 2.07 bits per heavy atom.